The van der Waals surface area contributed by atoms with Crippen molar-refractivity contribution in [1.29, 1.82) is 0 Å². The highest BCUT2D eigenvalue weighted by Crippen LogP contribution is 2.13. The summed E-state index contributed by atoms with van der Waals surface area (Å²) in [6.45, 7) is 3.51. The molecule has 3 rings (SSSR count). The zero-order chi connectivity index (χ0) is 19.8. The van der Waals surface area contributed by atoms with Gasteiger partial charge in [-0.25, -0.2) is 0 Å². The van der Waals surface area contributed by atoms with Gasteiger partial charge in [0.05, 0.1) is 12.8 Å². The van der Waals surface area contributed by atoms with Crippen molar-refractivity contribution in [2.45, 2.75) is 13.5 Å². The first-order valence-electron chi connectivity index (χ1n) is 9.16. The molecular weight excluding hydrogens is 354 g/mol. The van der Waals surface area contributed by atoms with Gasteiger partial charge >= 0.3 is 0 Å². The highest BCUT2D eigenvalue weighted by molar-refractivity contribution is 6.02. The summed E-state index contributed by atoms with van der Waals surface area (Å²) >= 11 is 0. The van der Waals surface area contributed by atoms with Crippen molar-refractivity contribution in [2.75, 3.05) is 23.3 Å². The lowest BCUT2D eigenvalue weighted by molar-refractivity contribution is -0.119. The van der Waals surface area contributed by atoms with Gasteiger partial charge in [0.25, 0.3) is 5.91 Å². The molecule has 2 N–H and O–H groups in total. The lowest BCUT2D eigenvalue weighted by Crippen LogP contribution is -2.36. The van der Waals surface area contributed by atoms with E-state index in [1.54, 1.807) is 24.3 Å². The van der Waals surface area contributed by atoms with Crippen LogP contribution in [0.5, 0.6) is 0 Å². The van der Waals surface area contributed by atoms with Gasteiger partial charge in [0, 0.05) is 24.5 Å². The number of hydrogen-bond donors (Lipinski definition) is 2. The van der Waals surface area contributed by atoms with E-state index in [0.717, 1.165) is 17.8 Å². The minimum atomic E-state index is -0.299. The number of likely N-dealkylation sites (N-methyl/N-ethyl adjacent to an activating group) is 1. The van der Waals surface area contributed by atoms with Crippen LogP contribution in [0.4, 0.5) is 11.4 Å². The first-order valence-corrected chi connectivity index (χ1v) is 9.16. The predicted molar refractivity (Wildman–Crippen MR) is 109 cm³/mol. The molecule has 2 aromatic carbocycles. The van der Waals surface area contributed by atoms with Crippen molar-refractivity contribution in [1.82, 2.24) is 5.32 Å². The number of carbonyl (C=O) groups is 2. The number of anilines is 2. The summed E-state index contributed by atoms with van der Waals surface area (Å²) in [6.07, 6.45) is 1.46. The van der Waals surface area contributed by atoms with Gasteiger partial charge in [0.2, 0.25) is 5.91 Å². The maximum atomic E-state index is 12.3. The van der Waals surface area contributed by atoms with E-state index in [9.17, 15) is 9.59 Å². The van der Waals surface area contributed by atoms with Crippen molar-refractivity contribution in [3.05, 3.63) is 84.3 Å². The summed E-state index contributed by atoms with van der Waals surface area (Å²) < 4.78 is 5.07. The molecule has 144 valence electrons. The largest absolute Gasteiger partial charge is 0.459 e. The molecule has 6 nitrogen and oxygen atoms in total. The van der Waals surface area contributed by atoms with E-state index in [1.807, 2.05) is 54.3 Å². The Hall–Kier alpha value is -3.54. The number of furan rings is 1. The summed E-state index contributed by atoms with van der Waals surface area (Å²) in [5.41, 5.74) is 2.64. The molecule has 0 aliphatic carbocycles. The average Bonchev–Trinajstić information content (AvgIpc) is 3.27. The van der Waals surface area contributed by atoms with E-state index < -0.39 is 0 Å². The molecule has 0 saturated heterocycles. The molecule has 1 heterocycles. The predicted octanol–water partition coefficient (Wildman–Crippen LogP) is 3.67. The molecule has 0 saturated carbocycles. The third-order valence-electron chi connectivity index (χ3n) is 4.28. The zero-order valence-corrected chi connectivity index (χ0v) is 15.7. The Labute approximate surface area is 164 Å². The maximum Gasteiger partial charge on any atom is 0.291 e. The van der Waals surface area contributed by atoms with E-state index in [4.69, 9.17) is 4.42 Å². The molecule has 0 fully saturated rings. The molecule has 0 aliphatic heterocycles. The van der Waals surface area contributed by atoms with E-state index >= 15 is 0 Å². The monoisotopic (exact) mass is 377 g/mol. The van der Waals surface area contributed by atoms with Gasteiger partial charge in [-0.05, 0) is 48.9 Å². The van der Waals surface area contributed by atoms with Gasteiger partial charge < -0.3 is 20.0 Å². The first-order chi connectivity index (χ1) is 13.7. The van der Waals surface area contributed by atoms with E-state index in [0.29, 0.717) is 18.8 Å². The number of nitrogens with zero attached hydrogens (tertiary/aromatic N) is 1. The number of nitrogens with one attached hydrogen (secondary N) is 2. The van der Waals surface area contributed by atoms with Gasteiger partial charge in [0.15, 0.2) is 5.76 Å². The number of carbonyl (C=O) groups excluding carboxylic acids is 2. The Morgan fingerprint density at radius 3 is 2.36 bits per heavy atom. The SMILES string of the molecule is CCN(CC(=O)NCc1ccc(NC(=O)c2ccco2)cc1)c1ccccc1. The van der Waals surface area contributed by atoms with Crippen LogP contribution >= 0.6 is 0 Å². The highest BCUT2D eigenvalue weighted by Gasteiger charge is 2.10. The van der Waals surface area contributed by atoms with E-state index in [1.165, 1.54) is 6.26 Å². The number of amides is 2. The van der Waals surface area contributed by atoms with Crippen LogP contribution in [-0.2, 0) is 11.3 Å². The molecule has 1 aromatic heterocycles. The number of hydrogen-bond acceptors (Lipinski definition) is 4. The highest BCUT2D eigenvalue weighted by atomic mass is 16.3. The van der Waals surface area contributed by atoms with Crippen molar-refractivity contribution < 1.29 is 14.0 Å². The van der Waals surface area contributed by atoms with Crippen LogP contribution in [0.3, 0.4) is 0 Å². The summed E-state index contributed by atoms with van der Waals surface area (Å²) in [5.74, 6) is -0.0808. The Bertz CT molecular complexity index is 891. The van der Waals surface area contributed by atoms with Crippen LogP contribution in [0, 0.1) is 0 Å². The van der Waals surface area contributed by atoms with Crippen LogP contribution in [0.25, 0.3) is 0 Å². The van der Waals surface area contributed by atoms with Gasteiger partial charge in [-0.15, -0.1) is 0 Å². The van der Waals surface area contributed by atoms with Crippen molar-refractivity contribution in [2.24, 2.45) is 0 Å². The quantitative estimate of drug-likeness (QED) is 0.628. The molecule has 0 atom stereocenters. The summed E-state index contributed by atoms with van der Waals surface area (Å²) in [5, 5.41) is 5.69. The molecule has 0 spiro atoms. The van der Waals surface area contributed by atoms with Gasteiger partial charge in [-0.3, -0.25) is 9.59 Å². The molecule has 2 amide bonds. The minimum Gasteiger partial charge on any atom is -0.459 e. The van der Waals surface area contributed by atoms with E-state index in [-0.39, 0.29) is 17.6 Å². The normalized spacial score (nSPS) is 10.3. The molecule has 28 heavy (non-hydrogen) atoms. The van der Waals surface area contributed by atoms with Gasteiger partial charge in [-0.1, -0.05) is 30.3 Å². The second-order valence-electron chi connectivity index (χ2n) is 6.25. The van der Waals surface area contributed by atoms with Gasteiger partial charge in [0.1, 0.15) is 0 Å². The number of rotatable bonds is 8. The molecule has 0 aliphatic rings. The lowest BCUT2D eigenvalue weighted by atomic mass is 10.2. The Morgan fingerprint density at radius 2 is 1.71 bits per heavy atom. The fourth-order valence-corrected chi connectivity index (χ4v) is 2.76. The van der Waals surface area contributed by atoms with Crippen LogP contribution in [0.2, 0.25) is 0 Å². The molecule has 0 unspecified atom stereocenters. The number of benzene rings is 2. The first kappa shape index (κ1) is 19.2. The average molecular weight is 377 g/mol. The van der Waals surface area contributed by atoms with E-state index in [2.05, 4.69) is 10.6 Å². The standard InChI is InChI=1S/C22H23N3O3/c1-2-25(19-7-4-3-5-8-19)16-21(26)23-15-17-10-12-18(13-11-17)24-22(27)20-9-6-14-28-20/h3-14H,2,15-16H2,1H3,(H,23,26)(H,24,27). The summed E-state index contributed by atoms with van der Waals surface area (Å²) in [6, 6.07) is 20.5. The van der Waals surface area contributed by atoms with Gasteiger partial charge in [-0.2, -0.15) is 0 Å². The van der Waals surface area contributed by atoms with Crippen molar-refractivity contribution in [3.8, 4) is 0 Å². The Morgan fingerprint density at radius 1 is 0.964 bits per heavy atom. The second-order valence-corrected chi connectivity index (χ2v) is 6.25. The minimum absolute atomic E-state index is 0.0408. The summed E-state index contributed by atoms with van der Waals surface area (Å²) in [4.78, 5) is 26.3. The van der Waals surface area contributed by atoms with Crippen LogP contribution in [-0.4, -0.2) is 24.9 Å². The fourth-order valence-electron chi connectivity index (χ4n) is 2.76. The van der Waals surface area contributed by atoms with Crippen molar-refractivity contribution in [3.63, 3.8) is 0 Å². The molecule has 6 heteroatoms. The van der Waals surface area contributed by atoms with Crippen LogP contribution in [0.15, 0.2) is 77.4 Å². The molecule has 0 bridgehead atoms. The smallest absolute Gasteiger partial charge is 0.291 e. The lowest BCUT2D eigenvalue weighted by Gasteiger charge is -2.22. The third-order valence-corrected chi connectivity index (χ3v) is 4.28. The molecule has 0 radical (unpaired) electrons. The van der Waals surface area contributed by atoms with Crippen LogP contribution in [0.1, 0.15) is 23.0 Å². The molecule has 3 aromatic rings. The topological polar surface area (TPSA) is 74.6 Å². The van der Waals surface area contributed by atoms with Crippen LogP contribution < -0.4 is 15.5 Å². The van der Waals surface area contributed by atoms with Crippen molar-refractivity contribution >= 4 is 23.2 Å². The summed E-state index contributed by atoms with van der Waals surface area (Å²) in [7, 11) is 0. The maximum absolute atomic E-state index is 12.3. The molecular formula is C22H23N3O3. The number of para-hydroxylation sites is 1. The Balaban J connectivity index is 1.49. The Kier molecular flexibility index (Phi) is 6.46. The third kappa shape index (κ3) is 5.23. The zero-order valence-electron chi connectivity index (χ0n) is 15.7. The fraction of sp³-hybridized carbons (Fsp3) is 0.182. The second kappa shape index (κ2) is 9.41.